The first kappa shape index (κ1) is 16.9. The van der Waals surface area contributed by atoms with Crippen molar-refractivity contribution in [1.29, 1.82) is 0 Å². The minimum absolute atomic E-state index is 0.0773. The molecule has 0 unspecified atom stereocenters. The van der Waals surface area contributed by atoms with Crippen molar-refractivity contribution >= 4 is 17.1 Å². The van der Waals surface area contributed by atoms with Gasteiger partial charge < -0.3 is 15.6 Å². The molecule has 0 aliphatic carbocycles. The maximum atomic E-state index is 11.7. The summed E-state index contributed by atoms with van der Waals surface area (Å²) < 4.78 is 1.26. The van der Waals surface area contributed by atoms with Crippen LogP contribution in [0.1, 0.15) is 25.6 Å². The lowest BCUT2D eigenvalue weighted by Gasteiger charge is -2.05. The molecule has 0 aromatic carbocycles. The first-order valence-electron chi connectivity index (χ1n) is 7.68. The number of H-pyrrole nitrogens is 2. The molecule has 0 aliphatic heterocycles. The van der Waals surface area contributed by atoms with E-state index in [2.05, 4.69) is 32.5 Å². The fourth-order valence-corrected chi connectivity index (χ4v) is 2.18. The van der Waals surface area contributed by atoms with Crippen molar-refractivity contribution in [3.05, 3.63) is 26.7 Å². The van der Waals surface area contributed by atoms with Gasteiger partial charge in [0, 0.05) is 33.0 Å². The Morgan fingerprint density at radius 3 is 2.74 bits per heavy atom. The highest BCUT2D eigenvalue weighted by atomic mass is 16.2. The third-order valence-electron chi connectivity index (χ3n) is 3.44. The number of fused-ring (bicyclic) bond motifs is 1. The van der Waals surface area contributed by atoms with Crippen LogP contribution in [0.15, 0.2) is 9.59 Å². The molecule has 2 aromatic heterocycles. The van der Waals surface area contributed by atoms with Gasteiger partial charge in [0.05, 0.1) is 0 Å². The molecule has 2 rings (SSSR count). The number of carbonyl (C=O) groups excluding carboxylic acids is 1. The van der Waals surface area contributed by atoms with E-state index in [1.54, 1.807) is 0 Å². The average Bonchev–Trinajstić information content (AvgIpc) is 2.95. The molecular weight excluding hydrogens is 300 g/mol. The molecule has 1 amide bonds. The first-order chi connectivity index (χ1) is 11.0. The molecular formula is C14H22N6O3. The van der Waals surface area contributed by atoms with Crippen LogP contribution in [0.2, 0.25) is 0 Å². The Bertz CT molecular complexity index is 788. The van der Waals surface area contributed by atoms with Crippen molar-refractivity contribution in [3.63, 3.8) is 0 Å². The van der Waals surface area contributed by atoms with Gasteiger partial charge in [0.15, 0.2) is 5.65 Å². The number of hydrogen-bond acceptors (Lipinski definition) is 5. The van der Waals surface area contributed by atoms with Crippen LogP contribution in [0, 0.1) is 0 Å². The fourth-order valence-electron chi connectivity index (χ4n) is 2.18. The molecule has 0 aliphatic rings. The van der Waals surface area contributed by atoms with E-state index in [0.717, 1.165) is 19.5 Å². The topological polar surface area (TPSA) is 125 Å². The molecule has 0 bridgehead atoms. The summed E-state index contributed by atoms with van der Waals surface area (Å²) in [6, 6.07) is 0. The van der Waals surface area contributed by atoms with Crippen molar-refractivity contribution in [2.24, 2.45) is 7.05 Å². The summed E-state index contributed by atoms with van der Waals surface area (Å²) in [5.74, 6) is 0.428. The lowest BCUT2D eigenvalue weighted by molar-refractivity contribution is -0.121. The largest absolute Gasteiger partial charge is 0.355 e. The van der Waals surface area contributed by atoms with Crippen LogP contribution in [0.3, 0.4) is 0 Å². The van der Waals surface area contributed by atoms with Crippen LogP contribution < -0.4 is 21.9 Å². The molecule has 0 spiro atoms. The number of aromatic nitrogens is 4. The quantitative estimate of drug-likeness (QED) is 0.464. The van der Waals surface area contributed by atoms with E-state index in [-0.39, 0.29) is 23.5 Å². The van der Waals surface area contributed by atoms with E-state index in [0.29, 0.717) is 18.8 Å². The van der Waals surface area contributed by atoms with E-state index in [4.69, 9.17) is 0 Å². The maximum absolute atomic E-state index is 11.7. The molecule has 0 radical (unpaired) electrons. The Balaban J connectivity index is 1.91. The number of aryl methyl sites for hydroxylation is 2. The lowest BCUT2D eigenvalue weighted by atomic mass is 10.3. The average molecular weight is 322 g/mol. The Labute approximate surface area is 132 Å². The van der Waals surface area contributed by atoms with Crippen LogP contribution in [0.25, 0.3) is 11.2 Å². The number of imidazole rings is 1. The van der Waals surface area contributed by atoms with Gasteiger partial charge in [0.25, 0.3) is 5.56 Å². The number of nitrogens with one attached hydrogen (secondary N) is 4. The summed E-state index contributed by atoms with van der Waals surface area (Å²) in [7, 11) is 1.53. The van der Waals surface area contributed by atoms with Crippen LogP contribution in [-0.4, -0.2) is 45.1 Å². The summed E-state index contributed by atoms with van der Waals surface area (Å²) in [6.45, 7) is 4.33. The lowest BCUT2D eigenvalue weighted by Crippen LogP contribution is -2.32. The summed E-state index contributed by atoms with van der Waals surface area (Å²) in [5, 5.41) is 6.01. The number of aromatic amines is 2. The number of amides is 1. The van der Waals surface area contributed by atoms with Crippen molar-refractivity contribution in [2.45, 2.75) is 26.2 Å². The molecule has 0 saturated heterocycles. The van der Waals surface area contributed by atoms with Crippen LogP contribution in [0.5, 0.6) is 0 Å². The smallest absolute Gasteiger partial charge is 0.329 e. The summed E-state index contributed by atoms with van der Waals surface area (Å²) >= 11 is 0. The summed E-state index contributed by atoms with van der Waals surface area (Å²) in [6.07, 6.45) is 1.69. The van der Waals surface area contributed by atoms with E-state index in [1.807, 2.05) is 0 Å². The van der Waals surface area contributed by atoms with Gasteiger partial charge in [-0.2, -0.15) is 0 Å². The zero-order valence-electron chi connectivity index (χ0n) is 13.4. The van der Waals surface area contributed by atoms with Gasteiger partial charge >= 0.3 is 5.69 Å². The highest BCUT2D eigenvalue weighted by Crippen LogP contribution is 2.05. The highest BCUT2D eigenvalue weighted by molar-refractivity contribution is 5.76. The second kappa shape index (κ2) is 7.73. The second-order valence-electron chi connectivity index (χ2n) is 5.30. The highest BCUT2D eigenvalue weighted by Gasteiger charge is 2.11. The second-order valence-corrected chi connectivity index (χ2v) is 5.30. The zero-order chi connectivity index (χ0) is 16.8. The number of carbonyl (C=O) groups is 1. The molecule has 9 heteroatoms. The Kier molecular flexibility index (Phi) is 5.69. The Morgan fingerprint density at radius 2 is 2.00 bits per heavy atom. The monoisotopic (exact) mass is 322 g/mol. The molecule has 9 nitrogen and oxygen atoms in total. The van der Waals surface area contributed by atoms with Gasteiger partial charge in [-0.05, 0) is 13.0 Å². The van der Waals surface area contributed by atoms with Crippen molar-refractivity contribution < 1.29 is 4.79 Å². The van der Waals surface area contributed by atoms with Gasteiger partial charge in [-0.1, -0.05) is 6.92 Å². The number of hydrogen-bond donors (Lipinski definition) is 4. The first-order valence-corrected chi connectivity index (χ1v) is 7.68. The van der Waals surface area contributed by atoms with E-state index >= 15 is 0 Å². The van der Waals surface area contributed by atoms with Crippen LogP contribution in [-0.2, 0) is 18.3 Å². The van der Waals surface area contributed by atoms with Gasteiger partial charge in [-0.15, -0.1) is 0 Å². The standard InChI is InChI=1S/C14H22N6O3/c1-3-6-15-7-8-16-10(21)5-4-9-17-11-12(18-9)20(2)14(23)19-13(11)22/h15H,3-8H2,1-2H3,(H,16,21)(H,17,18)(H,19,22,23). The van der Waals surface area contributed by atoms with Crippen molar-refractivity contribution in [2.75, 3.05) is 19.6 Å². The fraction of sp³-hybridized carbons (Fsp3) is 0.571. The minimum Gasteiger partial charge on any atom is -0.355 e. The van der Waals surface area contributed by atoms with Crippen LogP contribution >= 0.6 is 0 Å². The SMILES string of the molecule is CCCNCCNC(=O)CCc1nc2c([nH]1)c(=O)[nH]c(=O)n2C. The normalized spacial score (nSPS) is 11.0. The molecule has 0 saturated carbocycles. The van der Waals surface area contributed by atoms with E-state index in [9.17, 15) is 14.4 Å². The third-order valence-corrected chi connectivity index (χ3v) is 3.44. The number of rotatable bonds is 8. The molecule has 2 heterocycles. The zero-order valence-corrected chi connectivity index (χ0v) is 13.4. The number of nitrogens with zero attached hydrogens (tertiary/aromatic N) is 2. The summed E-state index contributed by atoms with van der Waals surface area (Å²) in [4.78, 5) is 44.2. The molecule has 4 N–H and O–H groups in total. The predicted molar refractivity (Wildman–Crippen MR) is 86.4 cm³/mol. The summed E-state index contributed by atoms with van der Waals surface area (Å²) in [5.41, 5.74) is -0.490. The maximum Gasteiger partial charge on any atom is 0.329 e. The molecule has 0 atom stereocenters. The molecule has 0 fully saturated rings. The predicted octanol–water partition coefficient (Wildman–Crippen LogP) is -1.00. The van der Waals surface area contributed by atoms with E-state index in [1.165, 1.54) is 11.6 Å². The van der Waals surface area contributed by atoms with E-state index < -0.39 is 11.2 Å². The van der Waals surface area contributed by atoms with Crippen LogP contribution in [0.4, 0.5) is 0 Å². The van der Waals surface area contributed by atoms with Gasteiger partial charge in [-0.25, -0.2) is 9.78 Å². The van der Waals surface area contributed by atoms with Gasteiger partial charge in [0.1, 0.15) is 11.3 Å². The molecule has 2 aromatic rings. The molecule has 126 valence electrons. The molecule has 23 heavy (non-hydrogen) atoms. The third kappa shape index (κ3) is 4.28. The van der Waals surface area contributed by atoms with Crippen molar-refractivity contribution in [3.8, 4) is 0 Å². The van der Waals surface area contributed by atoms with Gasteiger partial charge in [-0.3, -0.25) is 19.1 Å². The Morgan fingerprint density at radius 1 is 1.22 bits per heavy atom. The van der Waals surface area contributed by atoms with Gasteiger partial charge in [0.2, 0.25) is 5.91 Å². The minimum atomic E-state index is -0.516. The van der Waals surface area contributed by atoms with Crippen molar-refractivity contribution in [1.82, 2.24) is 30.2 Å². The Hall–Kier alpha value is -2.42.